The van der Waals surface area contributed by atoms with Gasteiger partial charge in [-0.2, -0.15) is 0 Å². The predicted octanol–water partition coefficient (Wildman–Crippen LogP) is 5.54. The Labute approximate surface area is 143 Å². The van der Waals surface area contributed by atoms with Crippen LogP contribution in [-0.2, 0) is 9.53 Å². The first-order valence-corrected chi connectivity index (χ1v) is 8.76. The largest absolute Gasteiger partial charge is 0.459 e. The quantitative estimate of drug-likeness (QED) is 0.420. The molecule has 0 amide bonds. The van der Waals surface area contributed by atoms with E-state index in [1.165, 1.54) is 28.8 Å². The van der Waals surface area contributed by atoms with Crippen LogP contribution in [0.1, 0.15) is 44.1 Å². The van der Waals surface area contributed by atoms with Gasteiger partial charge in [0, 0.05) is 12.0 Å². The van der Waals surface area contributed by atoms with Crippen molar-refractivity contribution in [2.24, 2.45) is 0 Å². The molecule has 0 heterocycles. The summed E-state index contributed by atoms with van der Waals surface area (Å²) in [5, 5.41) is 2.50. The zero-order valence-corrected chi connectivity index (χ0v) is 14.2. The van der Waals surface area contributed by atoms with Crippen LogP contribution in [0.3, 0.4) is 0 Å². The SMILES string of the molecule is C/C=C/C=C/C(=O)O[C@H]1CCCC[C@@H]1c1ccc2ccccc2c1. The Kier molecular flexibility index (Phi) is 5.47. The molecule has 124 valence electrons. The van der Waals surface area contributed by atoms with Gasteiger partial charge >= 0.3 is 5.97 Å². The smallest absolute Gasteiger partial charge is 0.331 e. The second-order valence-corrected chi connectivity index (χ2v) is 6.36. The van der Waals surface area contributed by atoms with E-state index in [4.69, 9.17) is 4.74 Å². The molecule has 0 bridgehead atoms. The highest BCUT2D eigenvalue weighted by atomic mass is 16.5. The van der Waals surface area contributed by atoms with Crippen molar-refractivity contribution >= 4 is 16.7 Å². The third kappa shape index (κ3) is 3.94. The Morgan fingerprint density at radius 1 is 1.04 bits per heavy atom. The fraction of sp³-hybridized carbons (Fsp3) is 0.318. The molecule has 1 aliphatic carbocycles. The van der Waals surface area contributed by atoms with Crippen molar-refractivity contribution < 1.29 is 9.53 Å². The molecule has 0 aromatic heterocycles. The number of carbonyl (C=O) groups is 1. The molecule has 2 atom stereocenters. The minimum absolute atomic E-state index is 0.0253. The van der Waals surface area contributed by atoms with Crippen molar-refractivity contribution in [1.82, 2.24) is 0 Å². The van der Waals surface area contributed by atoms with E-state index < -0.39 is 0 Å². The van der Waals surface area contributed by atoms with E-state index in [1.807, 2.05) is 19.1 Å². The second kappa shape index (κ2) is 7.96. The maximum atomic E-state index is 12.0. The van der Waals surface area contributed by atoms with Crippen LogP contribution in [0, 0.1) is 0 Å². The molecule has 1 saturated carbocycles. The fourth-order valence-corrected chi connectivity index (χ4v) is 3.49. The van der Waals surface area contributed by atoms with Gasteiger partial charge in [0.1, 0.15) is 6.10 Å². The summed E-state index contributed by atoms with van der Waals surface area (Å²) >= 11 is 0. The minimum atomic E-state index is -0.245. The molecule has 0 N–H and O–H groups in total. The van der Waals surface area contributed by atoms with Gasteiger partial charge in [-0.15, -0.1) is 0 Å². The molecule has 2 aromatic rings. The molecular formula is C22H24O2. The number of ether oxygens (including phenoxy) is 1. The Hall–Kier alpha value is -2.35. The normalized spacial score (nSPS) is 21.5. The van der Waals surface area contributed by atoms with Gasteiger partial charge < -0.3 is 4.74 Å². The molecular weight excluding hydrogens is 296 g/mol. The van der Waals surface area contributed by atoms with E-state index in [2.05, 4.69) is 42.5 Å². The standard InChI is InChI=1S/C22H24O2/c1-2-3-4-13-22(23)24-21-12-8-7-11-20(21)19-15-14-17-9-5-6-10-18(17)16-19/h2-6,9-10,13-16,20-21H,7-8,11-12H2,1H3/b3-2+,13-4+/t20-,21+/m1/s1. The first-order chi connectivity index (χ1) is 11.8. The average Bonchev–Trinajstić information content (AvgIpc) is 2.62. The van der Waals surface area contributed by atoms with Gasteiger partial charge in [-0.1, -0.05) is 67.1 Å². The summed E-state index contributed by atoms with van der Waals surface area (Å²) in [5.41, 5.74) is 1.28. The molecule has 0 spiro atoms. The number of fused-ring (bicyclic) bond motifs is 1. The summed E-state index contributed by atoms with van der Waals surface area (Å²) in [6, 6.07) is 15.0. The van der Waals surface area contributed by atoms with E-state index >= 15 is 0 Å². The first-order valence-electron chi connectivity index (χ1n) is 8.76. The highest BCUT2D eigenvalue weighted by Gasteiger charge is 2.29. The van der Waals surface area contributed by atoms with Crippen LogP contribution in [0.5, 0.6) is 0 Å². The number of rotatable bonds is 4. The van der Waals surface area contributed by atoms with E-state index in [9.17, 15) is 4.79 Å². The molecule has 24 heavy (non-hydrogen) atoms. The van der Waals surface area contributed by atoms with Crippen molar-refractivity contribution in [2.45, 2.75) is 44.6 Å². The summed E-state index contributed by atoms with van der Waals surface area (Å²) in [5.74, 6) is 0.0493. The molecule has 1 aliphatic rings. The van der Waals surface area contributed by atoms with Gasteiger partial charge in [0.05, 0.1) is 0 Å². The van der Waals surface area contributed by atoms with Gasteiger partial charge in [-0.3, -0.25) is 0 Å². The Bertz CT molecular complexity index is 757. The van der Waals surface area contributed by atoms with Gasteiger partial charge in [0.15, 0.2) is 0 Å². The second-order valence-electron chi connectivity index (χ2n) is 6.36. The third-order valence-electron chi connectivity index (χ3n) is 4.71. The molecule has 0 unspecified atom stereocenters. The van der Waals surface area contributed by atoms with Crippen LogP contribution >= 0.6 is 0 Å². The molecule has 0 aliphatic heterocycles. The van der Waals surface area contributed by atoms with E-state index in [0.717, 1.165) is 19.3 Å². The Morgan fingerprint density at radius 2 is 1.83 bits per heavy atom. The van der Waals surface area contributed by atoms with Gasteiger partial charge in [-0.05, 0) is 42.5 Å². The number of benzene rings is 2. The lowest BCUT2D eigenvalue weighted by molar-refractivity contribution is -0.145. The Morgan fingerprint density at radius 3 is 2.67 bits per heavy atom. The number of carbonyl (C=O) groups excluding carboxylic acids is 1. The maximum absolute atomic E-state index is 12.0. The lowest BCUT2D eigenvalue weighted by Crippen LogP contribution is -2.28. The zero-order valence-electron chi connectivity index (χ0n) is 14.2. The van der Waals surface area contributed by atoms with Gasteiger partial charge in [0.25, 0.3) is 0 Å². The molecule has 0 radical (unpaired) electrons. The summed E-state index contributed by atoms with van der Waals surface area (Å²) < 4.78 is 5.76. The molecule has 2 nitrogen and oxygen atoms in total. The Balaban J connectivity index is 1.79. The number of hydrogen-bond donors (Lipinski definition) is 0. The van der Waals surface area contributed by atoms with Crippen LogP contribution in [0.2, 0.25) is 0 Å². The minimum Gasteiger partial charge on any atom is -0.459 e. The van der Waals surface area contributed by atoms with Crippen LogP contribution in [0.15, 0.2) is 66.8 Å². The average molecular weight is 320 g/mol. The fourth-order valence-electron chi connectivity index (χ4n) is 3.49. The molecule has 1 fully saturated rings. The summed E-state index contributed by atoms with van der Waals surface area (Å²) in [7, 11) is 0. The number of hydrogen-bond acceptors (Lipinski definition) is 2. The maximum Gasteiger partial charge on any atom is 0.331 e. The van der Waals surface area contributed by atoms with Gasteiger partial charge in [-0.25, -0.2) is 4.79 Å². The van der Waals surface area contributed by atoms with Crippen molar-refractivity contribution in [1.29, 1.82) is 0 Å². The van der Waals surface area contributed by atoms with Crippen molar-refractivity contribution in [3.05, 3.63) is 72.3 Å². The van der Waals surface area contributed by atoms with Crippen molar-refractivity contribution in [3.8, 4) is 0 Å². The summed E-state index contributed by atoms with van der Waals surface area (Å²) in [6.45, 7) is 1.92. The zero-order chi connectivity index (χ0) is 16.8. The number of allylic oxidation sites excluding steroid dienone is 3. The molecule has 3 rings (SSSR count). The van der Waals surface area contributed by atoms with Gasteiger partial charge in [0.2, 0.25) is 0 Å². The summed E-state index contributed by atoms with van der Waals surface area (Å²) in [6.07, 6.45) is 11.3. The molecule has 2 heteroatoms. The topological polar surface area (TPSA) is 26.3 Å². The highest BCUT2D eigenvalue weighted by molar-refractivity contribution is 5.83. The number of esters is 1. The molecule has 2 aromatic carbocycles. The first kappa shape index (κ1) is 16.5. The molecule has 0 saturated heterocycles. The van der Waals surface area contributed by atoms with Crippen LogP contribution < -0.4 is 0 Å². The van der Waals surface area contributed by atoms with E-state index in [-0.39, 0.29) is 12.1 Å². The predicted molar refractivity (Wildman–Crippen MR) is 99.0 cm³/mol. The highest BCUT2D eigenvalue weighted by Crippen LogP contribution is 2.36. The van der Waals surface area contributed by atoms with E-state index in [0.29, 0.717) is 5.92 Å². The lowest BCUT2D eigenvalue weighted by atomic mass is 9.81. The van der Waals surface area contributed by atoms with Crippen LogP contribution in [0.4, 0.5) is 0 Å². The van der Waals surface area contributed by atoms with Crippen LogP contribution in [0.25, 0.3) is 10.8 Å². The third-order valence-corrected chi connectivity index (χ3v) is 4.71. The van der Waals surface area contributed by atoms with E-state index in [1.54, 1.807) is 6.08 Å². The lowest BCUT2D eigenvalue weighted by Gasteiger charge is -2.31. The summed E-state index contributed by atoms with van der Waals surface area (Å²) in [4.78, 5) is 12.0. The van der Waals surface area contributed by atoms with Crippen molar-refractivity contribution in [3.63, 3.8) is 0 Å². The van der Waals surface area contributed by atoms with Crippen molar-refractivity contribution in [2.75, 3.05) is 0 Å². The van der Waals surface area contributed by atoms with Crippen LogP contribution in [-0.4, -0.2) is 12.1 Å². The monoisotopic (exact) mass is 320 g/mol.